The number of aromatic nitrogens is 2. The molecule has 0 unspecified atom stereocenters. The first-order chi connectivity index (χ1) is 10.2. The lowest BCUT2D eigenvalue weighted by Crippen LogP contribution is -2.02. The fourth-order valence-electron chi connectivity index (χ4n) is 1.99. The van der Waals surface area contributed by atoms with Gasteiger partial charge in [-0.1, -0.05) is 23.5 Å². The van der Waals surface area contributed by atoms with Gasteiger partial charge in [0, 0.05) is 29.9 Å². The van der Waals surface area contributed by atoms with Crippen LogP contribution in [0.2, 0.25) is 0 Å². The van der Waals surface area contributed by atoms with Crippen molar-refractivity contribution in [2.75, 3.05) is 5.32 Å². The topological polar surface area (TPSA) is 73.0 Å². The largest absolute Gasteiger partial charge is 0.378 e. The number of imidazole rings is 1. The average molecular weight is 300 g/mol. The highest BCUT2D eigenvalue weighted by Crippen LogP contribution is 2.26. The highest BCUT2D eigenvalue weighted by molar-refractivity contribution is 7.15. The molecular weight excluding hydrogens is 288 g/mol. The molecule has 0 bridgehead atoms. The number of anilines is 1. The van der Waals surface area contributed by atoms with Gasteiger partial charge in [0.1, 0.15) is 0 Å². The summed E-state index contributed by atoms with van der Waals surface area (Å²) in [6.45, 7) is 0.546. The minimum absolute atomic E-state index is 0.162. The standard InChI is InChI=1S/C14H12N4O2S/c19-18(20)14-6-5-11(21-14)9-16-12-3-1-2-4-13(12)17-8-7-15-10-17/h1-8,10,16H,9H2. The minimum atomic E-state index is -0.367. The normalized spacial score (nSPS) is 10.5. The molecule has 3 aromatic rings. The van der Waals surface area contributed by atoms with Crippen molar-refractivity contribution in [3.63, 3.8) is 0 Å². The van der Waals surface area contributed by atoms with Gasteiger partial charge in [0.2, 0.25) is 0 Å². The van der Waals surface area contributed by atoms with Gasteiger partial charge in [-0.3, -0.25) is 10.1 Å². The summed E-state index contributed by atoms with van der Waals surface area (Å²) in [4.78, 5) is 15.3. The van der Waals surface area contributed by atoms with Gasteiger partial charge in [-0.2, -0.15) is 0 Å². The second-order valence-corrected chi connectivity index (χ2v) is 5.48. The number of nitrogens with zero attached hydrogens (tertiary/aromatic N) is 3. The van der Waals surface area contributed by atoms with E-state index in [-0.39, 0.29) is 9.92 Å². The second kappa shape index (κ2) is 5.76. The zero-order valence-electron chi connectivity index (χ0n) is 11.0. The summed E-state index contributed by atoms with van der Waals surface area (Å²) in [5.41, 5.74) is 1.94. The number of rotatable bonds is 5. The molecule has 3 rings (SSSR count). The highest BCUT2D eigenvalue weighted by atomic mass is 32.1. The number of benzene rings is 1. The summed E-state index contributed by atoms with van der Waals surface area (Å²) in [5, 5.41) is 14.2. The Morgan fingerprint density at radius 1 is 1.29 bits per heavy atom. The maximum Gasteiger partial charge on any atom is 0.324 e. The van der Waals surface area contributed by atoms with Crippen molar-refractivity contribution in [1.82, 2.24) is 9.55 Å². The van der Waals surface area contributed by atoms with Crippen molar-refractivity contribution in [3.05, 3.63) is 70.1 Å². The lowest BCUT2D eigenvalue weighted by molar-refractivity contribution is -0.380. The summed E-state index contributed by atoms with van der Waals surface area (Å²) in [7, 11) is 0. The molecule has 6 nitrogen and oxygen atoms in total. The zero-order chi connectivity index (χ0) is 14.7. The van der Waals surface area contributed by atoms with Gasteiger partial charge in [0.25, 0.3) is 0 Å². The Balaban J connectivity index is 1.77. The van der Waals surface area contributed by atoms with Crippen molar-refractivity contribution in [2.45, 2.75) is 6.54 Å². The Hall–Kier alpha value is -2.67. The van der Waals surface area contributed by atoms with Crippen LogP contribution in [0, 0.1) is 10.1 Å². The van der Waals surface area contributed by atoms with Crippen LogP contribution in [0.4, 0.5) is 10.7 Å². The molecule has 0 aliphatic heterocycles. The Morgan fingerprint density at radius 3 is 2.86 bits per heavy atom. The maximum absolute atomic E-state index is 10.7. The molecule has 0 radical (unpaired) electrons. The van der Waals surface area contributed by atoms with Crippen molar-refractivity contribution in [1.29, 1.82) is 0 Å². The molecule has 0 fully saturated rings. The van der Waals surface area contributed by atoms with E-state index in [0.29, 0.717) is 6.54 Å². The Morgan fingerprint density at radius 2 is 2.14 bits per heavy atom. The zero-order valence-corrected chi connectivity index (χ0v) is 11.8. The van der Waals surface area contributed by atoms with E-state index < -0.39 is 0 Å². The van der Waals surface area contributed by atoms with Gasteiger partial charge in [0.05, 0.1) is 22.6 Å². The first-order valence-corrected chi connectivity index (χ1v) is 7.10. The first-order valence-electron chi connectivity index (χ1n) is 6.28. The number of nitrogens with one attached hydrogen (secondary N) is 1. The number of para-hydroxylation sites is 2. The van der Waals surface area contributed by atoms with Crippen LogP contribution in [0.15, 0.2) is 55.1 Å². The van der Waals surface area contributed by atoms with Gasteiger partial charge < -0.3 is 9.88 Å². The Kier molecular flexibility index (Phi) is 3.65. The molecule has 0 aliphatic carbocycles. The van der Waals surface area contributed by atoms with Crippen LogP contribution in [-0.2, 0) is 6.54 Å². The molecule has 1 N–H and O–H groups in total. The fraction of sp³-hybridized carbons (Fsp3) is 0.0714. The summed E-state index contributed by atoms with van der Waals surface area (Å²) in [6, 6.07) is 11.2. The lowest BCUT2D eigenvalue weighted by atomic mass is 10.2. The van der Waals surface area contributed by atoms with Crippen molar-refractivity contribution < 1.29 is 4.92 Å². The van der Waals surface area contributed by atoms with Crippen LogP contribution in [0.3, 0.4) is 0 Å². The quantitative estimate of drug-likeness (QED) is 0.578. The van der Waals surface area contributed by atoms with E-state index in [9.17, 15) is 10.1 Å². The Labute approximate surface area is 124 Å². The van der Waals surface area contributed by atoms with Crippen LogP contribution in [0.25, 0.3) is 5.69 Å². The van der Waals surface area contributed by atoms with Crippen LogP contribution in [0.5, 0.6) is 0 Å². The van der Waals surface area contributed by atoms with Crippen LogP contribution in [-0.4, -0.2) is 14.5 Å². The monoisotopic (exact) mass is 300 g/mol. The number of hydrogen-bond acceptors (Lipinski definition) is 5. The third-order valence-electron chi connectivity index (χ3n) is 2.97. The van der Waals surface area contributed by atoms with Gasteiger partial charge in [-0.05, 0) is 18.2 Å². The van der Waals surface area contributed by atoms with E-state index in [1.54, 1.807) is 18.6 Å². The molecule has 0 spiro atoms. The highest BCUT2D eigenvalue weighted by Gasteiger charge is 2.10. The van der Waals surface area contributed by atoms with Crippen LogP contribution >= 0.6 is 11.3 Å². The van der Waals surface area contributed by atoms with Gasteiger partial charge in [-0.25, -0.2) is 4.98 Å². The van der Waals surface area contributed by atoms with Gasteiger partial charge in [-0.15, -0.1) is 0 Å². The van der Waals surface area contributed by atoms with E-state index in [4.69, 9.17) is 0 Å². The summed E-state index contributed by atoms with van der Waals surface area (Å²) >= 11 is 1.18. The van der Waals surface area contributed by atoms with Crippen molar-refractivity contribution in [2.24, 2.45) is 0 Å². The third kappa shape index (κ3) is 2.92. The minimum Gasteiger partial charge on any atom is -0.378 e. The third-order valence-corrected chi connectivity index (χ3v) is 4.00. The smallest absolute Gasteiger partial charge is 0.324 e. The maximum atomic E-state index is 10.7. The number of thiophene rings is 1. The summed E-state index contributed by atoms with van der Waals surface area (Å²) < 4.78 is 1.92. The predicted octanol–water partition coefficient (Wildman–Crippen LogP) is 3.45. The molecule has 0 aliphatic rings. The summed E-state index contributed by atoms with van der Waals surface area (Å²) in [5.74, 6) is 0. The first kappa shape index (κ1) is 13.3. The van der Waals surface area contributed by atoms with E-state index in [0.717, 1.165) is 16.3 Å². The Bertz CT molecular complexity index is 752. The summed E-state index contributed by atoms with van der Waals surface area (Å²) in [6.07, 6.45) is 5.33. The van der Waals surface area contributed by atoms with Gasteiger partial charge >= 0.3 is 5.00 Å². The average Bonchev–Trinajstić information content (AvgIpc) is 3.17. The molecular formula is C14H12N4O2S. The van der Waals surface area contributed by atoms with Crippen molar-refractivity contribution in [3.8, 4) is 5.69 Å². The molecule has 0 amide bonds. The lowest BCUT2D eigenvalue weighted by Gasteiger charge is -2.11. The molecule has 0 saturated heterocycles. The molecule has 0 atom stereocenters. The number of hydrogen-bond donors (Lipinski definition) is 1. The van der Waals surface area contributed by atoms with E-state index in [1.165, 1.54) is 17.4 Å². The van der Waals surface area contributed by atoms with E-state index >= 15 is 0 Å². The molecule has 7 heteroatoms. The molecule has 0 saturated carbocycles. The molecule has 2 aromatic heterocycles. The number of nitro groups is 1. The van der Waals surface area contributed by atoms with Crippen LogP contribution in [0.1, 0.15) is 4.88 Å². The molecule has 106 valence electrons. The van der Waals surface area contributed by atoms with Gasteiger partial charge in [0.15, 0.2) is 0 Å². The molecule has 21 heavy (non-hydrogen) atoms. The van der Waals surface area contributed by atoms with Crippen LogP contribution < -0.4 is 5.32 Å². The van der Waals surface area contributed by atoms with E-state index in [2.05, 4.69) is 10.3 Å². The predicted molar refractivity (Wildman–Crippen MR) is 81.9 cm³/mol. The fourth-order valence-corrected chi connectivity index (χ4v) is 2.75. The SMILES string of the molecule is O=[N+]([O-])c1ccc(CNc2ccccc2-n2ccnc2)s1. The molecule has 1 aromatic carbocycles. The molecule has 2 heterocycles. The van der Waals surface area contributed by atoms with E-state index in [1.807, 2.05) is 35.0 Å². The van der Waals surface area contributed by atoms with Crippen molar-refractivity contribution >= 4 is 22.0 Å². The second-order valence-electron chi connectivity index (χ2n) is 4.34.